The third kappa shape index (κ3) is 70.3. The van der Waals surface area contributed by atoms with E-state index in [9.17, 15) is 43.2 Å². The highest BCUT2D eigenvalue weighted by Crippen LogP contribution is 2.45. The van der Waals surface area contributed by atoms with Crippen molar-refractivity contribution >= 4 is 39.5 Å². The van der Waals surface area contributed by atoms with Crippen LogP contribution in [0.2, 0.25) is 0 Å². The monoisotopic (exact) mass is 1400 g/mol. The lowest BCUT2D eigenvalue weighted by molar-refractivity contribution is -0.161. The van der Waals surface area contributed by atoms with Gasteiger partial charge in [-0.05, 0) is 43.4 Å². The van der Waals surface area contributed by atoms with Crippen LogP contribution in [0, 0.1) is 17.8 Å². The van der Waals surface area contributed by atoms with Gasteiger partial charge in [-0.3, -0.25) is 37.3 Å². The summed E-state index contributed by atoms with van der Waals surface area (Å²) in [5.74, 6) is 0.235. The number of unbranched alkanes of at least 4 members (excludes halogenated alkanes) is 42. The number of phosphoric ester groups is 2. The van der Waals surface area contributed by atoms with Crippen molar-refractivity contribution < 1.29 is 80.2 Å². The zero-order chi connectivity index (χ0) is 70.1. The molecule has 0 spiro atoms. The molecule has 0 bridgehead atoms. The maximum atomic E-state index is 13.1. The fourth-order valence-electron chi connectivity index (χ4n) is 11.6. The quantitative estimate of drug-likeness (QED) is 0.0222. The van der Waals surface area contributed by atoms with Crippen molar-refractivity contribution in [3.63, 3.8) is 0 Å². The van der Waals surface area contributed by atoms with E-state index in [-0.39, 0.29) is 25.7 Å². The highest BCUT2D eigenvalue weighted by molar-refractivity contribution is 7.47. The average molecular weight is 1400 g/mol. The van der Waals surface area contributed by atoms with Gasteiger partial charge in [-0.15, -0.1) is 0 Å². The van der Waals surface area contributed by atoms with Gasteiger partial charge in [0, 0.05) is 25.7 Å². The van der Waals surface area contributed by atoms with Crippen LogP contribution in [0.1, 0.15) is 389 Å². The molecule has 564 valence electrons. The molecule has 0 aliphatic carbocycles. The van der Waals surface area contributed by atoms with Crippen molar-refractivity contribution in [2.45, 2.75) is 407 Å². The van der Waals surface area contributed by atoms with E-state index in [1.807, 2.05) is 0 Å². The number of carbonyl (C=O) groups is 4. The van der Waals surface area contributed by atoms with Gasteiger partial charge in [-0.25, -0.2) is 9.13 Å². The Labute approximate surface area is 581 Å². The summed E-state index contributed by atoms with van der Waals surface area (Å²) in [6.45, 7) is 11.9. The normalized spacial score (nSPS) is 14.1. The Morgan fingerprint density at radius 2 is 0.484 bits per heavy atom. The molecule has 3 N–H and O–H groups in total. The predicted molar refractivity (Wildman–Crippen MR) is 386 cm³/mol. The number of carbonyl (C=O) groups excluding carboxylic acids is 4. The summed E-state index contributed by atoms with van der Waals surface area (Å²) in [5.41, 5.74) is 0. The molecule has 0 saturated carbocycles. The summed E-state index contributed by atoms with van der Waals surface area (Å²) in [6.07, 6.45) is 52.7. The fourth-order valence-corrected chi connectivity index (χ4v) is 13.2. The summed E-state index contributed by atoms with van der Waals surface area (Å²) in [5, 5.41) is 10.6. The molecule has 0 heterocycles. The summed E-state index contributed by atoms with van der Waals surface area (Å²) in [4.78, 5) is 72.8. The molecule has 0 aromatic carbocycles. The van der Waals surface area contributed by atoms with Crippen LogP contribution in [-0.2, 0) is 65.4 Å². The van der Waals surface area contributed by atoms with Crippen molar-refractivity contribution in [3.8, 4) is 0 Å². The number of phosphoric acid groups is 2. The molecule has 2 unspecified atom stereocenters. The number of esters is 4. The molecule has 0 amide bonds. The van der Waals surface area contributed by atoms with Crippen LogP contribution >= 0.6 is 15.6 Å². The van der Waals surface area contributed by atoms with Crippen molar-refractivity contribution in [1.82, 2.24) is 0 Å². The zero-order valence-corrected chi connectivity index (χ0v) is 63.9. The predicted octanol–water partition coefficient (Wildman–Crippen LogP) is 22.2. The summed E-state index contributed by atoms with van der Waals surface area (Å²) in [6, 6.07) is 0. The largest absolute Gasteiger partial charge is 0.472 e. The Hall–Kier alpha value is -1.94. The third-order valence-electron chi connectivity index (χ3n) is 17.6. The molecule has 0 radical (unpaired) electrons. The summed E-state index contributed by atoms with van der Waals surface area (Å²) >= 11 is 0. The minimum atomic E-state index is -4.96. The summed E-state index contributed by atoms with van der Waals surface area (Å²) < 4.78 is 68.5. The van der Waals surface area contributed by atoms with E-state index in [4.69, 9.17) is 37.0 Å². The Morgan fingerprint density at radius 1 is 0.284 bits per heavy atom. The zero-order valence-electron chi connectivity index (χ0n) is 62.1. The van der Waals surface area contributed by atoms with Crippen molar-refractivity contribution in [3.05, 3.63) is 0 Å². The number of ether oxygens (including phenoxy) is 4. The molecule has 19 heteroatoms. The van der Waals surface area contributed by atoms with E-state index < -0.39 is 97.5 Å². The first-order chi connectivity index (χ1) is 45.7. The number of rotatable bonds is 74. The van der Waals surface area contributed by atoms with Crippen molar-refractivity contribution in [1.29, 1.82) is 0 Å². The van der Waals surface area contributed by atoms with Crippen LogP contribution in [0.4, 0.5) is 0 Å². The fraction of sp³-hybridized carbons (Fsp3) is 0.947. The molecule has 0 rings (SSSR count). The lowest BCUT2D eigenvalue weighted by atomic mass is 10.0. The van der Waals surface area contributed by atoms with Crippen LogP contribution in [-0.4, -0.2) is 96.7 Å². The first-order valence-electron chi connectivity index (χ1n) is 39.3. The molecular weight excluding hydrogens is 1250 g/mol. The Bertz CT molecular complexity index is 1850. The molecule has 0 aromatic heterocycles. The second-order valence-corrected chi connectivity index (χ2v) is 31.7. The van der Waals surface area contributed by atoms with E-state index in [0.29, 0.717) is 25.7 Å². The van der Waals surface area contributed by atoms with Gasteiger partial charge in [0.1, 0.15) is 19.3 Å². The van der Waals surface area contributed by atoms with Gasteiger partial charge in [0.2, 0.25) is 0 Å². The minimum Gasteiger partial charge on any atom is -0.462 e. The van der Waals surface area contributed by atoms with Gasteiger partial charge in [0.05, 0.1) is 26.4 Å². The highest BCUT2D eigenvalue weighted by Gasteiger charge is 2.30. The van der Waals surface area contributed by atoms with Gasteiger partial charge >= 0.3 is 39.5 Å². The molecule has 0 fully saturated rings. The van der Waals surface area contributed by atoms with Crippen LogP contribution in [0.25, 0.3) is 0 Å². The second-order valence-electron chi connectivity index (χ2n) is 28.8. The summed E-state index contributed by atoms with van der Waals surface area (Å²) in [7, 11) is -9.91. The molecule has 17 nitrogen and oxygen atoms in total. The van der Waals surface area contributed by atoms with Crippen LogP contribution in [0.5, 0.6) is 0 Å². The molecule has 95 heavy (non-hydrogen) atoms. The number of hydrogen-bond donors (Lipinski definition) is 3. The van der Waals surface area contributed by atoms with Crippen LogP contribution in [0.15, 0.2) is 0 Å². The number of hydrogen-bond acceptors (Lipinski definition) is 15. The number of aliphatic hydroxyl groups is 1. The molecule has 0 saturated heterocycles. The molecular formula is C76H148O17P2. The maximum absolute atomic E-state index is 13.1. The smallest absolute Gasteiger partial charge is 0.462 e. The first kappa shape index (κ1) is 93.1. The van der Waals surface area contributed by atoms with Crippen LogP contribution < -0.4 is 0 Å². The van der Waals surface area contributed by atoms with Gasteiger partial charge in [-0.2, -0.15) is 0 Å². The standard InChI is InChI=1S/C76H148O17P2/c1-8-9-10-11-12-36-43-50-57-73(78)86-63-71(92-76(81)60-53-46-39-32-26-20-18-23-29-35-42-49-56-69(6)7)65-90-94(82,83)88-61-70(77)62-89-95(84,85)91-66-72(64-87-74(79)58-51-44-37-30-24-19-17-22-28-34-41-48-55-68(4)5)93-75(80)59-52-45-38-31-25-16-14-13-15-21-27-33-40-47-54-67(2)3/h67-72,77H,8-66H2,1-7H3,(H,82,83)(H,84,85)/t70-,71+,72+/m0/s1. The third-order valence-corrected chi connectivity index (χ3v) is 19.5. The Kier molecular flexibility index (Phi) is 65.2. The molecule has 0 aromatic rings. The SMILES string of the molecule is CCCCCCCCCCC(=O)OC[C@H](COP(=O)(O)OC[C@H](O)COP(=O)(O)OC[C@@H](COC(=O)CCCCCCCCCCCCCCC(C)C)OC(=O)CCCCCCCCCCCCCCCCC(C)C)OC(=O)CCCCCCCCCCCCCCC(C)C. The maximum Gasteiger partial charge on any atom is 0.472 e. The van der Waals surface area contributed by atoms with E-state index in [0.717, 1.165) is 114 Å². The second kappa shape index (κ2) is 66.6. The first-order valence-corrected chi connectivity index (χ1v) is 42.3. The minimum absolute atomic E-state index is 0.107. The van der Waals surface area contributed by atoms with Crippen LogP contribution in [0.3, 0.4) is 0 Å². The number of aliphatic hydroxyl groups excluding tert-OH is 1. The topological polar surface area (TPSA) is 237 Å². The van der Waals surface area contributed by atoms with E-state index in [1.165, 1.54) is 193 Å². The van der Waals surface area contributed by atoms with Gasteiger partial charge in [-0.1, -0.05) is 337 Å². The lowest BCUT2D eigenvalue weighted by Crippen LogP contribution is -2.30. The Balaban J connectivity index is 5.22. The van der Waals surface area contributed by atoms with Gasteiger partial charge in [0.25, 0.3) is 0 Å². The van der Waals surface area contributed by atoms with Gasteiger partial charge in [0.15, 0.2) is 12.2 Å². The van der Waals surface area contributed by atoms with Crippen molar-refractivity contribution in [2.75, 3.05) is 39.6 Å². The van der Waals surface area contributed by atoms with Crippen molar-refractivity contribution in [2.24, 2.45) is 17.8 Å². The lowest BCUT2D eigenvalue weighted by Gasteiger charge is -2.21. The van der Waals surface area contributed by atoms with E-state index >= 15 is 0 Å². The van der Waals surface area contributed by atoms with E-state index in [2.05, 4.69) is 48.5 Å². The van der Waals surface area contributed by atoms with Gasteiger partial charge < -0.3 is 33.8 Å². The Morgan fingerprint density at radius 3 is 0.716 bits per heavy atom. The molecule has 0 aliphatic rings. The highest BCUT2D eigenvalue weighted by atomic mass is 31.2. The van der Waals surface area contributed by atoms with E-state index in [1.54, 1.807) is 0 Å². The molecule has 5 atom stereocenters. The average Bonchev–Trinajstić information content (AvgIpc) is 1.31. The molecule has 0 aliphatic heterocycles.